The maximum atomic E-state index is 12.0. The Bertz CT molecular complexity index is 934. The number of carbonyl (C=O) groups excluding carboxylic acids is 1. The maximum absolute atomic E-state index is 12.0. The number of aromatic nitrogens is 3. The van der Waals surface area contributed by atoms with Gasteiger partial charge in [-0.15, -0.1) is 0 Å². The minimum absolute atomic E-state index is 0.128. The Morgan fingerprint density at radius 2 is 1.77 bits per heavy atom. The van der Waals surface area contributed by atoms with Gasteiger partial charge >= 0.3 is 0 Å². The van der Waals surface area contributed by atoms with Gasteiger partial charge < -0.3 is 5.32 Å². The predicted molar refractivity (Wildman–Crippen MR) is 99.4 cm³/mol. The lowest BCUT2D eigenvalue weighted by atomic mass is 10.1. The van der Waals surface area contributed by atoms with E-state index in [0.29, 0.717) is 12.2 Å². The molecular formula is C20H20N4O2. The lowest BCUT2D eigenvalue weighted by Gasteiger charge is -2.08. The summed E-state index contributed by atoms with van der Waals surface area (Å²) in [7, 11) is 0. The highest BCUT2D eigenvalue weighted by Gasteiger charge is 2.06. The van der Waals surface area contributed by atoms with Crippen LogP contribution < -0.4 is 10.9 Å². The summed E-state index contributed by atoms with van der Waals surface area (Å²) in [5.41, 5.74) is 3.56. The molecule has 3 aromatic rings. The SMILES string of the molecule is Cc1ccc(-c2ccc(=O)n(CCC(=O)NCc3ccncc3)n2)cc1. The molecule has 6 nitrogen and oxygen atoms in total. The molecule has 0 saturated heterocycles. The first-order valence-corrected chi connectivity index (χ1v) is 8.42. The summed E-state index contributed by atoms with van der Waals surface area (Å²) < 4.78 is 1.33. The Balaban J connectivity index is 1.62. The second kappa shape index (κ2) is 8.20. The molecule has 0 saturated carbocycles. The fourth-order valence-electron chi connectivity index (χ4n) is 2.48. The minimum Gasteiger partial charge on any atom is -0.352 e. The standard InChI is InChI=1S/C20H20N4O2/c1-15-2-4-17(5-3-15)18-6-7-20(26)24(23-18)13-10-19(25)22-14-16-8-11-21-12-9-16/h2-9,11-12H,10,13-14H2,1H3,(H,22,25). The van der Waals surface area contributed by atoms with E-state index in [-0.39, 0.29) is 24.4 Å². The monoisotopic (exact) mass is 348 g/mol. The van der Waals surface area contributed by atoms with Crippen LogP contribution in [0.4, 0.5) is 0 Å². The van der Waals surface area contributed by atoms with Crippen molar-refractivity contribution in [3.8, 4) is 11.3 Å². The normalized spacial score (nSPS) is 10.5. The zero-order valence-corrected chi connectivity index (χ0v) is 14.6. The van der Waals surface area contributed by atoms with Crippen molar-refractivity contribution in [1.82, 2.24) is 20.1 Å². The lowest BCUT2D eigenvalue weighted by molar-refractivity contribution is -0.121. The Labute approximate surface area is 151 Å². The van der Waals surface area contributed by atoms with Crippen molar-refractivity contribution in [2.75, 3.05) is 0 Å². The lowest BCUT2D eigenvalue weighted by Crippen LogP contribution is -2.28. The first-order chi connectivity index (χ1) is 12.6. The van der Waals surface area contributed by atoms with Gasteiger partial charge in [0.2, 0.25) is 5.91 Å². The van der Waals surface area contributed by atoms with Gasteiger partial charge in [-0.2, -0.15) is 5.10 Å². The van der Waals surface area contributed by atoms with Crippen LogP contribution in [0.3, 0.4) is 0 Å². The molecule has 0 atom stereocenters. The van der Waals surface area contributed by atoms with E-state index in [2.05, 4.69) is 15.4 Å². The fraction of sp³-hybridized carbons (Fsp3) is 0.200. The van der Waals surface area contributed by atoms with E-state index in [9.17, 15) is 9.59 Å². The molecule has 0 aliphatic heterocycles. The summed E-state index contributed by atoms with van der Waals surface area (Å²) >= 11 is 0. The van der Waals surface area contributed by atoms with Crippen molar-refractivity contribution >= 4 is 5.91 Å². The summed E-state index contributed by atoms with van der Waals surface area (Å²) in [6.45, 7) is 2.69. The van der Waals surface area contributed by atoms with Gasteiger partial charge in [-0.05, 0) is 30.7 Å². The second-order valence-electron chi connectivity index (χ2n) is 6.03. The van der Waals surface area contributed by atoms with Crippen LogP contribution >= 0.6 is 0 Å². The van der Waals surface area contributed by atoms with Crippen LogP contribution in [0.5, 0.6) is 0 Å². The number of pyridine rings is 1. The molecule has 0 spiro atoms. The highest BCUT2D eigenvalue weighted by Crippen LogP contribution is 2.15. The van der Waals surface area contributed by atoms with Crippen LogP contribution in [0.25, 0.3) is 11.3 Å². The second-order valence-corrected chi connectivity index (χ2v) is 6.03. The van der Waals surface area contributed by atoms with Gasteiger partial charge in [-0.25, -0.2) is 4.68 Å². The number of aryl methyl sites for hydroxylation is 2. The van der Waals surface area contributed by atoms with Gasteiger partial charge in [-0.1, -0.05) is 29.8 Å². The zero-order chi connectivity index (χ0) is 18.4. The van der Waals surface area contributed by atoms with E-state index in [0.717, 1.165) is 16.7 Å². The first kappa shape index (κ1) is 17.5. The van der Waals surface area contributed by atoms with E-state index >= 15 is 0 Å². The van der Waals surface area contributed by atoms with Crippen LogP contribution in [0.2, 0.25) is 0 Å². The Morgan fingerprint density at radius 1 is 1.04 bits per heavy atom. The van der Waals surface area contributed by atoms with Crippen molar-refractivity contribution in [1.29, 1.82) is 0 Å². The summed E-state index contributed by atoms with van der Waals surface area (Å²) in [6.07, 6.45) is 3.55. The van der Waals surface area contributed by atoms with Crippen molar-refractivity contribution in [2.24, 2.45) is 0 Å². The van der Waals surface area contributed by atoms with Crippen LogP contribution in [-0.4, -0.2) is 20.7 Å². The molecule has 132 valence electrons. The Morgan fingerprint density at radius 3 is 2.50 bits per heavy atom. The highest BCUT2D eigenvalue weighted by atomic mass is 16.2. The van der Waals surface area contributed by atoms with Crippen LogP contribution in [0.1, 0.15) is 17.5 Å². The molecule has 0 unspecified atom stereocenters. The van der Waals surface area contributed by atoms with E-state index in [4.69, 9.17) is 0 Å². The number of carbonyl (C=O) groups is 1. The number of hydrogen-bond acceptors (Lipinski definition) is 4. The molecular weight excluding hydrogens is 328 g/mol. The summed E-state index contributed by atoms with van der Waals surface area (Å²) in [6, 6.07) is 14.8. The van der Waals surface area contributed by atoms with E-state index in [1.165, 1.54) is 10.7 Å². The summed E-state index contributed by atoms with van der Waals surface area (Å²) in [5, 5.41) is 7.21. The zero-order valence-electron chi connectivity index (χ0n) is 14.6. The molecule has 2 heterocycles. The third-order valence-corrected chi connectivity index (χ3v) is 4.00. The van der Waals surface area contributed by atoms with Gasteiger partial charge in [0.15, 0.2) is 0 Å². The molecule has 1 amide bonds. The molecule has 0 radical (unpaired) electrons. The topological polar surface area (TPSA) is 76.9 Å². The first-order valence-electron chi connectivity index (χ1n) is 8.42. The van der Waals surface area contributed by atoms with E-state index in [1.54, 1.807) is 18.5 Å². The largest absolute Gasteiger partial charge is 0.352 e. The summed E-state index contributed by atoms with van der Waals surface area (Å²) in [4.78, 5) is 28.0. The number of rotatable bonds is 6. The molecule has 6 heteroatoms. The minimum atomic E-state index is -0.220. The molecule has 1 N–H and O–H groups in total. The van der Waals surface area contributed by atoms with Gasteiger partial charge in [0.25, 0.3) is 5.56 Å². The quantitative estimate of drug-likeness (QED) is 0.742. The smallest absolute Gasteiger partial charge is 0.266 e. The van der Waals surface area contributed by atoms with Crippen molar-refractivity contribution in [3.63, 3.8) is 0 Å². The molecule has 0 fully saturated rings. The van der Waals surface area contributed by atoms with Crippen molar-refractivity contribution < 1.29 is 4.79 Å². The summed E-state index contributed by atoms with van der Waals surface area (Å²) in [5.74, 6) is -0.128. The van der Waals surface area contributed by atoms with Gasteiger partial charge in [0.05, 0.1) is 12.2 Å². The maximum Gasteiger partial charge on any atom is 0.266 e. The van der Waals surface area contributed by atoms with E-state index < -0.39 is 0 Å². The molecule has 1 aromatic carbocycles. The molecule has 26 heavy (non-hydrogen) atoms. The Hall–Kier alpha value is -3.28. The fourth-order valence-corrected chi connectivity index (χ4v) is 2.48. The molecule has 0 bridgehead atoms. The average Bonchev–Trinajstić information content (AvgIpc) is 2.67. The van der Waals surface area contributed by atoms with E-state index in [1.807, 2.05) is 43.3 Å². The number of nitrogens with one attached hydrogen (secondary N) is 1. The van der Waals surface area contributed by atoms with Crippen LogP contribution in [-0.2, 0) is 17.9 Å². The van der Waals surface area contributed by atoms with Gasteiger partial charge in [0, 0.05) is 37.0 Å². The van der Waals surface area contributed by atoms with Crippen molar-refractivity contribution in [3.05, 3.63) is 82.4 Å². The number of amides is 1. The number of nitrogens with zero attached hydrogens (tertiary/aromatic N) is 3. The van der Waals surface area contributed by atoms with Crippen LogP contribution in [0, 0.1) is 6.92 Å². The van der Waals surface area contributed by atoms with Gasteiger partial charge in [-0.3, -0.25) is 14.6 Å². The number of benzene rings is 1. The number of hydrogen-bond donors (Lipinski definition) is 1. The molecule has 3 rings (SSSR count). The molecule has 2 aromatic heterocycles. The molecule has 0 aliphatic carbocycles. The Kier molecular flexibility index (Phi) is 5.53. The highest BCUT2D eigenvalue weighted by molar-refractivity contribution is 5.75. The van der Waals surface area contributed by atoms with Crippen molar-refractivity contribution in [2.45, 2.75) is 26.4 Å². The average molecular weight is 348 g/mol. The molecule has 0 aliphatic rings. The van der Waals surface area contributed by atoms with Gasteiger partial charge in [0.1, 0.15) is 0 Å². The third-order valence-electron chi connectivity index (χ3n) is 4.00. The third kappa shape index (κ3) is 4.63. The van der Waals surface area contributed by atoms with Crippen LogP contribution in [0.15, 0.2) is 65.7 Å². The predicted octanol–water partition coefficient (Wildman–Crippen LogP) is 2.32.